The van der Waals surface area contributed by atoms with Crippen molar-refractivity contribution in [2.24, 2.45) is 0 Å². The van der Waals surface area contributed by atoms with Crippen LogP contribution in [0.4, 0.5) is 0 Å². The Kier molecular flexibility index (Phi) is 8.76. The molecule has 0 aliphatic heterocycles. The molecule has 11 aromatic rings. The summed E-state index contributed by atoms with van der Waals surface area (Å²) < 4.78 is 0. The lowest BCUT2D eigenvalue weighted by atomic mass is 9.67. The van der Waals surface area contributed by atoms with Gasteiger partial charge in [-0.15, -0.1) is 0 Å². The molecular weight excluding hydrogens is 761 g/mol. The van der Waals surface area contributed by atoms with Gasteiger partial charge in [-0.05, 0) is 101 Å². The molecule has 1 aliphatic rings. The van der Waals surface area contributed by atoms with Crippen molar-refractivity contribution in [1.82, 2.24) is 9.97 Å². The van der Waals surface area contributed by atoms with Crippen LogP contribution in [-0.2, 0) is 5.41 Å². The molecule has 0 atom stereocenters. The van der Waals surface area contributed by atoms with E-state index in [1.54, 1.807) is 0 Å². The number of rotatable bonds is 7. The summed E-state index contributed by atoms with van der Waals surface area (Å²) in [5.41, 5.74) is 16.8. The topological polar surface area (TPSA) is 25.8 Å². The van der Waals surface area contributed by atoms with Crippen LogP contribution >= 0.6 is 0 Å². The Balaban J connectivity index is 1.03. The maximum absolute atomic E-state index is 5.31. The van der Waals surface area contributed by atoms with E-state index in [4.69, 9.17) is 9.97 Å². The average Bonchev–Trinajstić information content (AvgIpc) is 3.65. The summed E-state index contributed by atoms with van der Waals surface area (Å²) in [6.07, 6.45) is 0. The van der Waals surface area contributed by atoms with Gasteiger partial charge in [0.1, 0.15) is 0 Å². The fourth-order valence-corrected chi connectivity index (χ4v) is 10.0. The van der Waals surface area contributed by atoms with E-state index in [1.807, 2.05) is 12.1 Å². The van der Waals surface area contributed by atoms with Gasteiger partial charge in [0.15, 0.2) is 5.82 Å². The van der Waals surface area contributed by atoms with Crippen LogP contribution in [0.1, 0.15) is 22.3 Å². The fourth-order valence-electron chi connectivity index (χ4n) is 10.0. The summed E-state index contributed by atoms with van der Waals surface area (Å²) in [5.74, 6) is 0.698. The molecule has 2 nitrogen and oxygen atoms in total. The Morgan fingerprint density at radius 3 is 1.41 bits per heavy atom. The molecule has 0 bridgehead atoms. The summed E-state index contributed by atoms with van der Waals surface area (Å²) >= 11 is 0. The van der Waals surface area contributed by atoms with Crippen LogP contribution in [-0.4, -0.2) is 9.97 Å². The molecule has 10 aromatic carbocycles. The Morgan fingerprint density at radius 2 is 0.746 bits per heavy atom. The first-order valence-electron chi connectivity index (χ1n) is 21.6. The Labute approximate surface area is 367 Å². The Morgan fingerprint density at radius 1 is 0.270 bits per heavy atom. The van der Waals surface area contributed by atoms with Crippen LogP contribution < -0.4 is 0 Å². The molecule has 1 aliphatic carbocycles. The molecule has 0 saturated carbocycles. The minimum atomic E-state index is -0.481. The molecule has 294 valence electrons. The smallest absolute Gasteiger partial charge is 0.160 e. The SMILES string of the molecule is c1ccc(-c2ccc(-c3nc(-c4ccccc4)cc(-c4ccc(-c5ccc6c(c5)-c5cc7ccccc7cc5C6(c5ccccc5)c5ccccc5)c5ccccc45)n3)cc2)cc1. The van der Waals surface area contributed by atoms with Crippen molar-refractivity contribution >= 4 is 21.5 Å². The highest BCUT2D eigenvalue weighted by atomic mass is 14.9. The van der Waals surface area contributed by atoms with Gasteiger partial charge in [-0.1, -0.05) is 218 Å². The predicted molar refractivity (Wildman–Crippen MR) is 262 cm³/mol. The van der Waals surface area contributed by atoms with Crippen LogP contribution in [0.2, 0.25) is 0 Å². The van der Waals surface area contributed by atoms with E-state index in [0.717, 1.165) is 39.0 Å². The number of aromatic nitrogens is 2. The molecule has 63 heavy (non-hydrogen) atoms. The van der Waals surface area contributed by atoms with Gasteiger partial charge in [-0.2, -0.15) is 0 Å². The molecule has 1 aromatic heterocycles. The number of fused-ring (bicyclic) bond motifs is 5. The molecular formula is C61H40N2. The van der Waals surface area contributed by atoms with E-state index in [2.05, 4.69) is 231 Å². The molecule has 0 spiro atoms. The highest BCUT2D eigenvalue weighted by Gasteiger charge is 2.46. The summed E-state index contributed by atoms with van der Waals surface area (Å²) in [4.78, 5) is 10.5. The third-order valence-corrected chi connectivity index (χ3v) is 13.0. The molecule has 0 fully saturated rings. The lowest BCUT2D eigenvalue weighted by molar-refractivity contribution is 0.769. The number of hydrogen-bond donors (Lipinski definition) is 0. The van der Waals surface area contributed by atoms with Crippen molar-refractivity contribution in [3.8, 4) is 67.3 Å². The van der Waals surface area contributed by atoms with Crippen LogP contribution in [0.15, 0.2) is 243 Å². The van der Waals surface area contributed by atoms with Gasteiger partial charge in [0.05, 0.1) is 16.8 Å². The Bertz CT molecular complexity index is 3430. The normalized spacial score (nSPS) is 12.6. The van der Waals surface area contributed by atoms with Crippen molar-refractivity contribution in [3.05, 3.63) is 265 Å². The molecule has 12 rings (SSSR count). The van der Waals surface area contributed by atoms with Crippen LogP contribution in [0, 0.1) is 0 Å². The molecule has 2 heteroatoms. The van der Waals surface area contributed by atoms with Gasteiger partial charge < -0.3 is 0 Å². The van der Waals surface area contributed by atoms with E-state index >= 15 is 0 Å². The molecule has 1 heterocycles. The van der Waals surface area contributed by atoms with Crippen molar-refractivity contribution in [3.63, 3.8) is 0 Å². The zero-order valence-corrected chi connectivity index (χ0v) is 34.5. The number of benzene rings is 10. The van der Waals surface area contributed by atoms with Gasteiger partial charge in [-0.25, -0.2) is 9.97 Å². The lowest BCUT2D eigenvalue weighted by Crippen LogP contribution is -2.28. The Hall–Kier alpha value is -8.20. The maximum atomic E-state index is 5.31. The molecule has 0 N–H and O–H groups in total. The maximum Gasteiger partial charge on any atom is 0.160 e. The highest BCUT2D eigenvalue weighted by Crippen LogP contribution is 2.57. The summed E-state index contributed by atoms with van der Waals surface area (Å²) in [6, 6.07) is 87.8. The van der Waals surface area contributed by atoms with E-state index in [1.165, 1.54) is 66.2 Å². The monoisotopic (exact) mass is 800 g/mol. The van der Waals surface area contributed by atoms with Crippen LogP contribution in [0.5, 0.6) is 0 Å². The standard InChI is InChI=1S/C61H40N2/c1-5-17-41(18-6-1)42-29-31-44(32-30-42)60-62-58(43-19-7-2-8-20-43)40-59(63-60)53-35-34-50(51-27-15-16-28-52(51)53)47-33-36-56-54(38-47)55-37-45-21-13-14-22-46(45)39-57(55)61(56,48-23-9-3-10-24-48)49-25-11-4-12-26-49/h1-40H. The van der Waals surface area contributed by atoms with Gasteiger partial charge in [-0.3, -0.25) is 0 Å². The minimum absolute atomic E-state index is 0.481. The van der Waals surface area contributed by atoms with Crippen molar-refractivity contribution in [2.45, 2.75) is 5.41 Å². The summed E-state index contributed by atoms with van der Waals surface area (Å²) in [5, 5.41) is 4.81. The van der Waals surface area contributed by atoms with Crippen molar-refractivity contribution < 1.29 is 0 Å². The molecule has 0 unspecified atom stereocenters. The summed E-state index contributed by atoms with van der Waals surface area (Å²) in [6.45, 7) is 0. The van der Waals surface area contributed by atoms with Crippen molar-refractivity contribution in [1.29, 1.82) is 0 Å². The van der Waals surface area contributed by atoms with Crippen LogP contribution in [0.25, 0.3) is 88.8 Å². The van der Waals surface area contributed by atoms with Gasteiger partial charge in [0.25, 0.3) is 0 Å². The predicted octanol–water partition coefficient (Wildman–Crippen LogP) is 15.5. The third kappa shape index (κ3) is 6.10. The molecule has 0 saturated heterocycles. The van der Waals surface area contributed by atoms with E-state index in [9.17, 15) is 0 Å². The van der Waals surface area contributed by atoms with Crippen molar-refractivity contribution in [2.75, 3.05) is 0 Å². The second-order valence-corrected chi connectivity index (χ2v) is 16.5. The third-order valence-electron chi connectivity index (χ3n) is 13.0. The van der Waals surface area contributed by atoms with Gasteiger partial charge >= 0.3 is 0 Å². The lowest BCUT2D eigenvalue weighted by Gasteiger charge is -2.34. The van der Waals surface area contributed by atoms with Gasteiger partial charge in [0, 0.05) is 16.7 Å². The highest BCUT2D eigenvalue weighted by molar-refractivity contribution is 6.06. The average molecular weight is 801 g/mol. The second kappa shape index (κ2) is 15.1. The van der Waals surface area contributed by atoms with E-state index in [0.29, 0.717) is 5.82 Å². The largest absolute Gasteiger partial charge is 0.228 e. The fraction of sp³-hybridized carbons (Fsp3) is 0.0164. The van der Waals surface area contributed by atoms with E-state index in [-0.39, 0.29) is 0 Å². The quantitative estimate of drug-likeness (QED) is 0.160. The van der Waals surface area contributed by atoms with Gasteiger partial charge in [0.2, 0.25) is 0 Å². The van der Waals surface area contributed by atoms with Crippen LogP contribution in [0.3, 0.4) is 0 Å². The van der Waals surface area contributed by atoms with E-state index < -0.39 is 5.41 Å². The zero-order valence-electron chi connectivity index (χ0n) is 34.5. The molecule has 0 amide bonds. The second-order valence-electron chi connectivity index (χ2n) is 16.5. The minimum Gasteiger partial charge on any atom is -0.228 e. The first-order chi connectivity index (χ1) is 31.2. The first-order valence-corrected chi connectivity index (χ1v) is 21.6. The first kappa shape index (κ1) is 36.6. The molecule has 0 radical (unpaired) electrons. The number of hydrogen-bond acceptors (Lipinski definition) is 2. The zero-order chi connectivity index (χ0) is 41.7. The number of nitrogens with zero attached hydrogens (tertiary/aromatic N) is 2. The summed E-state index contributed by atoms with van der Waals surface area (Å²) in [7, 11) is 0.